The summed E-state index contributed by atoms with van der Waals surface area (Å²) in [5, 5.41) is 4.73. The van der Waals surface area contributed by atoms with Crippen molar-refractivity contribution in [2.75, 3.05) is 0 Å². The standard InChI is InChI=1S/C17H15FN4O/c18-15-4-2-1-3-14(15)11-22-8-7-13-9-12(5-6-16(13)22)10-20-21-17(19)23/h1-10H,11H2,(H3,19,21,23). The molecule has 0 saturated heterocycles. The van der Waals surface area contributed by atoms with Crippen LogP contribution in [0.3, 0.4) is 0 Å². The summed E-state index contributed by atoms with van der Waals surface area (Å²) in [6.45, 7) is 0.465. The quantitative estimate of drug-likeness (QED) is 0.564. The van der Waals surface area contributed by atoms with E-state index in [-0.39, 0.29) is 5.82 Å². The number of urea groups is 1. The van der Waals surface area contributed by atoms with Gasteiger partial charge in [0.1, 0.15) is 5.82 Å². The molecule has 23 heavy (non-hydrogen) atoms. The molecule has 3 aromatic rings. The first-order valence-corrected chi connectivity index (χ1v) is 7.04. The van der Waals surface area contributed by atoms with Crippen molar-refractivity contribution in [1.82, 2.24) is 9.99 Å². The van der Waals surface area contributed by atoms with Crippen LogP contribution >= 0.6 is 0 Å². The molecule has 1 aromatic heterocycles. The Bertz CT molecular complexity index is 885. The lowest BCUT2D eigenvalue weighted by Gasteiger charge is -2.07. The van der Waals surface area contributed by atoms with Crippen molar-refractivity contribution in [3.05, 3.63) is 71.7 Å². The van der Waals surface area contributed by atoms with E-state index in [9.17, 15) is 9.18 Å². The Labute approximate surface area is 132 Å². The minimum atomic E-state index is -0.710. The van der Waals surface area contributed by atoms with Gasteiger partial charge in [-0.05, 0) is 29.8 Å². The Balaban J connectivity index is 1.86. The summed E-state index contributed by atoms with van der Waals surface area (Å²) in [6.07, 6.45) is 3.43. The number of carbonyl (C=O) groups excluding carboxylic acids is 1. The number of rotatable bonds is 4. The lowest BCUT2D eigenvalue weighted by molar-refractivity contribution is 0.249. The Morgan fingerprint density at radius 3 is 2.87 bits per heavy atom. The number of aromatic nitrogens is 1. The third-order valence-corrected chi connectivity index (χ3v) is 3.48. The van der Waals surface area contributed by atoms with Crippen molar-refractivity contribution < 1.29 is 9.18 Å². The summed E-state index contributed by atoms with van der Waals surface area (Å²) >= 11 is 0. The highest BCUT2D eigenvalue weighted by Gasteiger charge is 2.05. The van der Waals surface area contributed by atoms with Gasteiger partial charge in [0.2, 0.25) is 0 Å². The van der Waals surface area contributed by atoms with Crippen molar-refractivity contribution in [3.8, 4) is 0 Å². The van der Waals surface area contributed by atoms with Gasteiger partial charge in [-0.1, -0.05) is 24.3 Å². The van der Waals surface area contributed by atoms with E-state index < -0.39 is 6.03 Å². The number of nitrogens with zero attached hydrogens (tertiary/aromatic N) is 2. The molecule has 0 radical (unpaired) electrons. The van der Waals surface area contributed by atoms with Crippen LogP contribution in [0.2, 0.25) is 0 Å². The van der Waals surface area contributed by atoms with Gasteiger partial charge in [0.15, 0.2) is 0 Å². The second-order valence-corrected chi connectivity index (χ2v) is 5.09. The number of nitrogens with two attached hydrogens (primary N) is 1. The van der Waals surface area contributed by atoms with Gasteiger partial charge >= 0.3 is 6.03 Å². The van der Waals surface area contributed by atoms with E-state index in [4.69, 9.17) is 5.73 Å². The zero-order valence-corrected chi connectivity index (χ0v) is 12.2. The molecule has 0 spiro atoms. The van der Waals surface area contributed by atoms with Crippen LogP contribution in [0, 0.1) is 5.82 Å². The zero-order chi connectivity index (χ0) is 16.2. The van der Waals surface area contributed by atoms with Crippen LogP contribution in [-0.2, 0) is 6.54 Å². The van der Waals surface area contributed by atoms with Gasteiger partial charge in [-0.15, -0.1) is 0 Å². The van der Waals surface area contributed by atoms with Crippen molar-refractivity contribution in [1.29, 1.82) is 0 Å². The largest absolute Gasteiger partial charge is 0.350 e. The Morgan fingerprint density at radius 2 is 2.09 bits per heavy atom. The summed E-state index contributed by atoms with van der Waals surface area (Å²) < 4.78 is 15.8. The molecular formula is C17H15FN4O. The van der Waals surface area contributed by atoms with Crippen molar-refractivity contribution in [2.45, 2.75) is 6.54 Å². The summed E-state index contributed by atoms with van der Waals surface area (Å²) in [7, 11) is 0. The number of halogens is 1. The minimum absolute atomic E-state index is 0.212. The first-order chi connectivity index (χ1) is 11.1. The minimum Gasteiger partial charge on any atom is -0.350 e. The molecule has 2 amide bonds. The number of benzene rings is 2. The topological polar surface area (TPSA) is 72.4 Å². The predicted molar refractivity (Wildman–Crippen MR) is 87.8 cm³/mol. The zero-order valence-electron chi connectivity index (χ0n) is 12.2. The van der Waals surface area contributed by atoms with Gasteiger partial charge in [-0.25, -0.2) is 14.6 Å². The van der Waals surface area contributed by atoms with Gasteiger partial charge in [0.05, 0.1) is 12.8 Å². The molecule has 0 bridgehead atoms. The fraction of sp³-hybridized carbons (Fsp3) is 0.0588. The second-order valence-electron chi connectivity index (χ2n) is 5.09. The van der Waals surface area contributed by atoms with Crippen LogP contribution in [0.5, 0.6) is 0 Å². The number of amides is 2. The smallest absolute Gasteiger partial charge is 0.332 e. The number of hydrogen-bond acceptors (Lipinski definition) is 2. The highest BCUT2D eigenvalue weighted by Crippen LogP contribution is 2.19. The maximum Gasteiger partial charge on any atom is 0.332 e. The fourth-order valence-corrected chi connectivity index (χ4v) is 2.42. The molecule has 0 aliphatic rings. The van der Waals surface area contributed by atoms with Gasteiger partial charge < -0.3 is 10.3 Å². The third kappa shape index (κ3) is 3.37. The number of carbonyl (C=O) groups is 1. The summed E-state index contributed by atoms with van der Waals surface area (Å²) in [5.74, 6) is -0.212. The van der Waals surface area contributed by atoms with Crippen molar-refractivity contribution >= 4 is 23.1 Å². The van der Waals surface area contributed by atoms with Gasteiger partial charge in [0.25, 0.3) is 0 Å². The van der Waals surface area contributed by atoms with E-state index in [1.165, 1.54) is 12.3 Å². The highest BCUT2D eigenvalue weighted by atomic mass is 19.1. The maximum atomic E-state index is 13.8. The van der Waals surface area contributed by atoms with Crippen LogP contribution in [-0.4, -0.2) is 16.8 Å². The lowest BCUT2D eigenvalue weighted by Crippen LogP contribution is -2.24. The van der Waals surface area contributed by atoms with Gasteiger partial charge in [-0.2, -0.15) is 5.10 Å². The van der Waals surface area contributed by atoms with E-state index in [0.717, 1.165) is 16.5 Å². The van der Waals surface area contributed by atoms with Crippen LogP contribution in [0.1, 0.15) is 11.1 Å². The van der Waals surface area contributed by atoms with Crippen LogP contribution in [0.15, 0.2) is 59.8 Å². The summed E-state index contributed by atoms with van der Waals surface area (Å²) in [5.41, 5.74) is 9.55. The fourth-order valence-electron chi connectivity index (χ4n) is 2.42. The molecule has 0 atom stereocenters. The molecule has 0 aliphatic heterocycles. The molecule has 2 aromatic carbocycles. The lowest BCUT2D eigenvalue weighted by atomic mass is 10.1. The molecule has 0 fully saturated rings. The summed E-state index contributed by atoms with van der Waals surface area (Å²) in [4.78, 5) is 10.6. The molecular weight excluding hydrogens is 295 g/mol. The Hall–Kier alpha value is -3.15. The number of primary amides is 1. The molecule has 0 unspecified atom stereocenters. The monoisotopic (exact) mass is 310 g/mol. The van der Waals surface area contributed by atoms with E-state index in [1.807, 2.05) is 41.1 Å². The molecule has 3 N–H and O–H groups in total. The molecule has 116 valence electrons. The molecule has 3 rings (SSSR count). The molecule has 0 aliphatic carbocycles. The molecule has 5 nitrogen and oxygen atoms in total. The van der Waals surface area contributed by atoms with E-state index >= 15 is 0 Å². The van der Waals surface area contributed by atoms with Crippen LogP contribution in [0.25, 0.3) is 10.9 Å². The molecule has 6 heteroatoms. The van der Waals surface area contributed by atoms with Crippen molar-refractivity contribution in [3.63, 3.8) is 0 Å². The normalized spacial score (nSPS) is 11.2. The van der Waals surface area contributed by atoms with E-state index in [1.54, 1.807) is 12.1 Å². The number of hydrazone groups is 1. The first-order valence-electron chi connectivity index (χ1n) is 7.04. The van der Waals surface area contributed by atoms with E-state index in [0.29, 0.717) is 12.1 Å². The molecule has 1 heterocycles. The number of fused-ring (bicyclic) bond motifs is 1. The van der Waals surface area contributed by atoms with Crippen LogP contribution in [0.4, 0.5) is 9.18 Å². The highest BCUT2D eigenvalue weighted by molar-refractivity contribution is 5.89. The molecule has 0 saturated carbocycles. The SMILES string of the molecule is NC(=O)NN=Cc1ccc2c(ccn2Cc2ccccc2F)c1. The second kappa shape index (κ2) is 6.31. The third-order valence-electron chi connectivity index (χ3n) is 3.48. The summed E-state index contributed by atoms with van der Waals surface area (Å²) in [6, 6.07) is 13.7. The van der Waals surface area contributed by atoms with Gasteiger partial charge in [0, 0.05) is 22.7 Å². The van der Waals surface area contributed by atoms with Gasteiger partial charge in [-0.3, -0.25) is 0 Å². The number of hydrogen-bond donors (Lipinski definition) is 2. The average Bonchev–Trinajstić information content (AvgIpc) is 2.92. The average molecular weight is 310 g/mol. The first kappa shape index (κ1) is 14.8. The Kier molecular flexibility index (Phi) is 4.05. The Morgan fingerprint density at radius 1 is 1.26 bits per heavy atom. The van der Waals surface area contributed by atoms with Crippen molar-refractivity contribution in [2.24, 2.45) is 10.8 Å². The number of nitrogens with one attached hydrogen (secondary N) is 1. The van der Waals surface area contributed by atoms with E-state index in [2.05, 4.69) is 10.5 Å². The maximum absolute atomic E-state index is 13.8. The predicted octanol–water partition coefficient (Wildman–Crippen LogP) is 2.83. The van der Waals surface area contributed by atoms with Crippen LogP contribution < -0.4 is 11.2 Å².